The molecule has 26 heavy (non-hydrogen) atoms. The molecule has 2 atom stereocenters. The molecule has 2 unspecified atom stereocenters. The summed E-state index contributed by atoms with van der Waals surface area (Å²) in [5.41, 5.74) is 0.772. The van der Waals surface area contributed by atoms with Gasteiger partial charge in [0.25, 0.3) is 0 Å². The van der Waals surface area contributed by atoms with Gasteiger partial charge in [0.1, 0.15) is 11.6 Å². The van der Waals surface area contributed by atoms with E-state index in [1.54, 1.807) is 24.3 Å². The Balaban J connectivity index is 2.11. The zero-order valence-electron chi connectivity index (χ0n) is 15.2. The first kappa shape index (κ1) is 18.9. The largest absolute Gasteiger partial charge is 0.239 e. The minimum atomic E-state index is -2.19. The number of halogens is 4. The van der Waals surface area contributed by atoms with Crippen LogP contribution in [0.15, 0.2) is 24.3 Å². The Kier molecular flexibility index (Phi) is 5.69. The average molecular weight is 364 g/mol. The lowest BCUT2D eigenvalue weighted by Crippen LogP contribution is -2.17. The van der Waals surface area contributed by atoms with Crippen LogP contribution in [0, 0.1) is 11.6 Å². The van der Waals surface area contributed by atoms with Crippen molar-refractivity contribution in [2.45, 2.75) is 64.7 Å². The van der Waals surface area contributed by atoms with Crippen molar-refractivity contribution in [2.24, 2.45) is 0 Å². The minimum absolute atomic E-state index is 0.262. The van der Waals surface area contributed by atoms with Crippen LogP contribution in [-0.4, -0.2) is 0 Å². The fraction of sp³-hybridized carbons (Fsp3) is 0.455. The molecule has 2 aromatic carbocycles. The van der Waals surface area contributed by atoms with Gasteiger partial charge in [0.2, 0.25) is 0 Å². The summed E-state index contributed by atoms with van der Waals surface area (Å²) >= 11 is 0. The lowest BCUT2D eigenvalue weighted by Gasteiger charge is -2.28. The SMILES string of the molecule is CCCCCc1ccc2c(c1F)C(F)C(F)c1c-2ccc(CCC)c1F. The molecule has 0 saturated carbocycles. The highest BCUT2D eigenvalue weighted by Crippen LogP contribution is 2.51. The van der Waals surface area contributed by atoms with Crippen LogP contribution in [0.4, 0.5) is 17.6 Å². The van der Waals surface area contributed by atoms with E-state index >= 15 is 0 Å². The van der Waals surface area contributed by atoms with Gasteiger partial charge in [-0.15, -0.1) is 0 Å². The third-order valence-corrected chi connectivity index (χ3v) is 5.19. The summed E-state index contributed by atoms with van der Waals surface area (Å²) in [6.07, 6.45) is 0.0387. The molecule has 0 nitrogen and oxygen atoms in total. The zero-order valence-corrected chi connectivity index (χ0v) is 15.2. The molecule has 0 heterocycles. The Labute approximate surface area is 152 Å². The number of benzene rings is 2. The molecule has 3 rings (SSSR count). The van der Waals surface area contributed by atoms with Gasteiger partial charge in [-0.2, -0.15) is 0 Å². The fourth-order valence-electron chi connectivity index (χ4n) is 3.80. The second-order valence-electron chi connectivity index (χ2n) is 7.01. The molecule has 0 aromatic heterocycles. The molecule has 140 valence electrons. The first-order valence-corrected chi connectivity index (χ1v) is 9.42. The first-order chi connectivity index (χ1) is 12.5. The van der Waals surface area contributed by atoms with Gasteiger partial charge in [0.05, 0.1) is 0 Å². The Morgan fingerprint density at radius 2 is 1.19 bits per heavy atom. The topological polar surface area (TPSA) is 0 Å². The fourth-order valence-corrected chi connectivity index (χ4v) is 3.80. The predicted octanol–water partition coefficient (Wildman–Crippen LogP) is 7.35. The van der Waals surface area contributed by atoms with Gasteiger partial charge < -0.3 is 0 Å². The van der Waals surface area contributed by atoms with Crippen molar-refractivity contribution in [2.75, 3.05) is 0 Å². The van der Waals surface area contributed by atoms with Crippen LogP contribution in [0.2, 0.25) is 0 Å². The van der Waals surface area contributed by atoms with Gasteiger partial charge in [-0.25, -0.2) is 17.6 Å². The molecule has 0 aliphatic heterocycles. The average Bonchev–Trinajstić information content (AvgIpc) is 2.63. The van der Waals surface area contributed by atoms with Crippen LogP contribution in [0.1, 0.15) is 74.1 Å². The maximum Gasteiger partial charge on any atom is 0.164 e. The number of unbranched alkanes of at least 4 members (excludes halogenated alkanes) is 2. The van der Waals surface area contributed by atoms with E-state index in [1.807, 2.05) is 13.8 Å². The van der Waals surface area contributed by atoms with Gasteiger partial charge in [0.15, 0.2) is 12.3 Å². The number of alkyl halides is 2. The first-order valence-electron chi connectivity index (χ1n) is 9.42. The molecule has 0 bridgehead atoms. The van der Waals surface area contributed by atoms with Gasteiger partial charge in [-0.3, -0.25) is 0 Å². The van der Waals surface area contributed by atoms with Crippen molar-refractivity contribution in [3.63, 3.8) is 0 Å². The highest BCUT2D eigenvalue weighted by atomic mass is 19.2. The normalized spacial score (nSPS) is 18.5. The maximum absolute atomic E-state index is 14.9. The molecule has 1 aliphatic rings. The smallest absolute Gasteiger partial charge is 0.164 e. The van der Waals surface area contributed by atoms with Crippen molar-refractivity contribution >= 4 is 0 Å². The quantitative estimate of drug-likeness (QED) is 0.371. The number of hydrogen-bond acceptors (Lipinski definition) is 0. The lowest BCUT2D eigenvalue weighted by molar-refractivity contribution is 0.160. The highest BCUT2D eigenvalue weighted by Gasteiger charge is 2.39. The van der Waals surface area contributed by atoms with Crippen LogP contribution < -0.4 is 0 Å². The summed E-state index contributed by atoms with van der Waals surface area (Å²) in [5.74, 6) is -1.38. The van der Waals surface area contributed by atoms with Gasteiger partial charge >= 0.3 is 0 Å². The third-order valence-electron chi connectivity index (χ3n) is 5.19. The Morgan fingerprint density at radius 3 is 1.65 bits per heavy atom. The summed E-state index contributed by atoms with van der Waals surface area (Å²) < 4.78 is 59.2. The van der Waals surface area contributed by atoms with E-state index in [9.17, 15) is 17.6 Å². The van der Waals surface area contributed by atoms with Gasteiger partial charge in [-0.1, -0.05) is 57.4 Å². The van der Waals surface area contributed by atoms with E-state index in [1.165, 1.54) is 0 Å². The van der Waals surface area contributed by atoms with Crippen LogP contribution >= 0.6 is 0 Å². The van der Waals surface area contributed by atoms with E-state index in [0.717, 1.165) is 19.3 Å². The summed E-state index contributed by atoms with van der Waals surface area (Å²) in [7, 11) is 0. The third kappa shape index (κ3) is 3.15. The van der Waals surface area contributed by atoms with Crippen molar-refractivity contribution in [1.82, 2.24) is 0 Å². The molecule has 0 fully saturated rings. The molecular weight excluding hydrogens is 340 g/mol. The van der Waals surface area contributed by atoms with Crippen LogP contribution in [0.5, 0.6) is 0 Å². The van der Waals surface area contributed by atoms with E-state index in [2.05, 4.69) is 0 Å². The molecule has 0 saturated heterocycles. The lowest BCUT2D eigenvalue weighted by atomic mass is 9.80. The molecular formula is C22H24F4. The maximum atomic E-state index is 14.9. The molecule has 2 aromatic rings. The van der Waals surface area contributed by atoms with E-state index < -0.39 is 24.0 Å². The highest BCUT2D eigenvalue weighted by molar-refractivity contribution is 5.75. The Hall–Kier alpha value is -1.84. The zero-order chi connectivity index (χ0) is 18.8. The van der Waals surface area contributed by atoms with Crippen molar-refractivity contribution in [1.29, 1.82) is 0 Å². The molecule has 1 aliphatic carbocycles. The van der Waals surface area contributed by atoms with Gasteiger partial charge in [0, 0.05) is 11.1 Å². The Morgan fingerprint density at radius 1 is 0.692 bits per heavy atom. The molecule has 0 radical (unpaired) electrons. The molecule has 4 heteroatoms. The number of fused-ring (bicyclic) bond motifs is 3. The van der Waals surface area contributed by atoms with E-state index in [4.69, 9.17) is 0 Å². The van der Waals surface area contributed by atoms with Crippen molar-refractivity contribution in [3.05, 3.63) is 58.2 Å². The monoisotopic (exact) mass is 364 g/mol. The Bertz CT molecular complexity index is 797. The van der Waals surface area contributed by atoms with Gasteiger partial charge in [-0.05, 0) is 41.5 Å². The molecule has 0 spiro atoms. The standard InChI is InChI=1S/C22H24F4/c1-3-5-6-8-14-10-12-16-15-11-9-13(7-4-2)19(23)17(15)21(25)22(26)18(16)20(14)24/h9-12,21-22H,3-8H2,1-2H3. The van der Waals surface area contributed by atoms with Crippen molar-refractivity contribution < 1.29 is 17.6 Å². The second-order valence-corrected chi connectivity index (χ2v) is 7.01. The van der Waals surface area contributed by atoms with Crippen LogP contribution in [0.3, 0.4) is 0 Å². The van der Waals surface area contributed by atoms with Crippen LogP contribution in [-0.2, 0) is 12.8 Å². The second kappa shape index (κ2) is 7.81. The number of rotatable bonds is 6. The summed E-state index contributed by atoms with van der Waals surface area (Å²) in [5, 5.41) is 0. The summed E-state index contributed by atoms with van der Waals surface area (Å²) in [6, 6.07) is 6.42. The molecule has 0 amide bonds. The number of aryl methyl sites for hydroxylation is 2. The summed E-state index contributed by atoms with van der Waals surface area (Å²) in [4.78, 5) is 0. The van der Waals surface area contributed by atoms with E-state index in [0.29, 0.717) is 30.4 Å². The van der Waals surface area contributed by atoms with Crippen LogP contribution in [0.25, 0.3) is 11.1 Å². The minimum Gasteiger partial charge on any atom is -0.239 e. The van der Waals surface area contributed by atoms with Crippen molar-refractivity contribution in [3.8, 4) is 11.1 Å². The predicted molar refractivity (Wildman–Crippen MR) is 96.7 cm³/mol. The van der Waals surface area contributed by atoms with E-state index in [-0.39, 0.29) is 22.3 Å². The summed E-state index contributed by atoms with van der Waals surface area (Å²) in [6.45, 7) is 3.95. The molecule has 0 N–H and O–H groups in total. The number of hydrogen-bond donors (Lipinski definition) is 0.